The lowest BCUT2D eigenvalue weighted by molar-refractivity contribution is -0.111. The third kappa shape index (κ3) is 3.03. The van der Waals surface area contributed by atoms with Crippen molar-refractivity contribution >= 4 is 15.9 Å². The highest BCUT2D eigenvalue weighted by molar-refractivity contribution is 9.10. The fraction of sp³-hybridized carbons (Fsp3) is 0.533. The first-order valence-corrected chi connectivity index (χ1v) is 8.51. The Labute approximate surface area is 142 Å². The van der Waals surface area contributed by atoms with Crippen LogP contribution in [0.4, 0.5) is 0 Å². The summed E-state index contributed by atoms with van der Waals surface area (Å²) in [5.74, 6) is 0.827. The summed E-state index contributed by atoms with van der Waals surface area (Å²) in [6.45, 7) is 4.61. The van der Waals surface area contributed by atoms with E-state index in [1.54, 1.807) is 4.68 Å². The van der Waals surface area contributed by atoms with E-state index in [2.05, 4.69) is 36.4 Å². The van der Waals surface area contributed by atoms with Crippen molar-refractivity contribution in [1.29, 1.82) is 0 Å². The van der Waals surface area contributed by atoms with Crippen molar-refractivity contribution in [2.75, 3.05) is 32.9 Å². The monoisotopic (exact) mass is 379 g/mol. The third-order valence-electron chi connectivity index (χ3n) is 4.37. The number of morpholine rings is 1. The van der Waals surface area contributed by atoms with Gasteiger partial charge in [-0.1, -0.05) is 12.1 Å². The summed E-state index contributed by atoms with van der Waals surface area (Å²) in [5, 5.41) is 12.2. The van der Waals surface area contributed by atoms with E-state index in [1.165, 1.54) is 0 Å². The minimum Gasteiger partial charge on any atom is -0.378 e. The van der Waals surface area contributed by atoms with Gasteiger partial charge in [0.05, 0.1) is 25.4 Å². The van der Waals surface area contributed by atoms with Crippen LogP contribution < -0.4 is 0 Å². The Kier molecular flexibility index (Phi) is 4.14. The molecule has 0 bridgehead atoms. The summed E-state index contributed by atoms with van der Waals surface area (Å²) in [7, 11) is 0. The number of rotatable bonds is 3. The van der Waals surface area contributed by atoms with Crippen LogP contribution in [0.2, 0.25) is 0 Å². The zero-order chi connectivity index (χ0) is 15.7. The SMILES string of the molecule is Brc1ccccc1-n1nnnc1CN1CCOC2(CCOC2)C1. The molecule has 2 aliphatic rings. The topological polar surface area (TPSA) is 65.3 Å². The molecule has 1 unspecified atom stereocenters. The molecular formula is C15H18BrN5O2. The first kappa shape index (κ1) is 15.2. The highest BCUT2D eigenvalue weighted by atomic mass is 79.9. The third-order valence-corrected chi connectivity index (χ3v) is 5.04. The maximum atomic E-state index is 5.98. The van der Waals surface area contributed by atoms with Crippen molar-refractivity contribution in [3.8, 4) is 5.69 Å². The standard InChI is InChI=1S/C15H18BrN5O2/c16-12-3-1-2-4-13(12)21-14(17-18-19-21)9-20-6-8-23-15(10-20)5-7-22-11-15/h1-4H,5-11H2. The number of benzene rings is 1. The zero-order valence-corrected chi connectivity index (χ0v) is 14.3. The highest BCUT2D eigenvalue weighted by Gasteiger charge is 2.40. The molecule has 3 heterocycles. The van der Waals surface area contributed by atoms with Crippen LogP contribution in [0, 0.1) is 0 Å². The van der Waals surface area contributed by atoms with E-state index >= 15 is 0 Å². The Morgan fingerprint density at radius 1 is 1.26 bits per heavy atom. The number of para-hydroxylation sites is 1. The van der Waals surface area contributed by atoms with Gasteiger partial charge >= 0.3 is 0 Å². The molecule has 4 rings (SSSR count). The summed E-state index contributed by atoms with van der Waals surface area (Å²) in [6.07, 6.45) is 0.957. The molecule has 2 saturated heterocycles. The predicted octanol–water partition coefficient (Wildman–Crippen LogP) is 1.42. The second-order valence-electron chi connectivity index (χ2n) is 6.00. The largest absolute Gasteiger partial charge is 0.378 e. The number of hydrogen-bond acceptors (Lipinski definition) is 6. The second kappa shape index (κ2) is 6.27. The number of tetrazole rings is 1. The summed E-state index contributed by atoms with van der Waals surface area (Å²) in [5.41, 5.74) is 0.795. The van der Waals surface area contributed by atoms with E-state index in [-0.39, 0.29) is 5.60 Å². The number of hydrogen-bond donors (Lipinski definition) is 0. The number of ether oxygens (including phenoxy) is 2. The highest BCUT2D eigenvalue weighted by Crippen LogP contribution is 2.28. The van der Waals surface area contributed by atoms with Gasteiger partial charge in [-0.15, -0.1) is 5.10 Å². The Balaban J connectivity index is 1.54. The molecule has 0 amide bonds. The van der Waals surface area contributed by atoms with Crippen LogP contribution in [0.15, 0.2) is 28.7 Å². The van der Waals surface area contributed by atoms with Crippen molar-refractivity contribution in [1.82, 2.24) is 25.1 Å². The van der Waals surface area contributed by atoms with Gasteiger partial charge in [-0.3, -0.25) is 4.90 Å². The van der Waals surface area contributed by atoms with Crippen molar-refractivity contribution in [2.24, 2.45) is 0 Å². The van der Waals surface area contributed by atoms with Crippen LogP contribution >= 0.6 is 15.9 Å². The van der Waals surface area contributed by atoms with Gasteiger partial charge in [0.2, 0.25) is 0 Å². The summed E-state index contributed by atoms with van der Waals surface area (Å²) in [4.78, 5) is 2.34. The molecule has 1 atom stereocenters. The quantitative estimate of drug-likeness (QED) is 0.803. The van der Waals surface area contributed by atoms with Crippen LogP contribution in [0.25, 0.3) is 5.69 Å². The minimum atomic E-state index is -0.149. The molecule has 2 aliphatic heterocycles. The normalized spacial score (nSPS) is 25.3. The van der Waals surface area contributed by atoms with Crippen molar-refractivity contribution < 1.29 is 9.47 Å². The molecule has 0 saturated carbocycles. The molecule has 8 heteroatoms. The van der Waals surface area contributed by atoms with Gasteiger partial charge in [0, 0.05) is 30.6 Å². The molecular weight excluding hydrogens is 362 g/mol. The fourth-order valence-corrected chi connectivity index (χ4v) is 3.65. The van der Waals surface area contributed by atoms with Crippen LogP contribution in [0.1, 0.15) is 12.2 Å². The first-order valence-electron chi connectivity index (χ1n) is 7.72. The van der Waals surface area contributed by atoms with E-state index in [0.717, 1.165) is 48.7 Å². The van der Waals surface area contributed by atoms with Crippen molar-refractivity contribution in [3.05, 3.63) is 34.6 Å². The molecule has 7 nitrogen and oxygen atoms in total. The Bertz CT molecular complexity index is 686. The van der Waals surface area contributed by atoms with Gasteiger partial charge in [-0.05, 0) is 38.5 Å². The lowest BCUT2D eigenvalue weighted by atomic mass is 10.0. The maximum absolute atomic E-state index is 5.98. The molecule has 2 fully saturated rings. The van der Waals surface area contributed by atoms with Crippen molar-refractivity contribution in [3.63, 3.8) is 0 Å². The molecule has 23 heavy (non-hydrogen) atoms. The molecule has 1 aromatic carbocycles. The minimum absolute atomic E-state index is 0.149. The van der Waals surface area contributed by atoms with Crippen LogP contribution in [-0.4, -0.2) is 63.6 Å². The Morgan fingerprint density at radius 3 is 3.00 bits per heavy atom. The van der Waals surface area contributed by atoms with Gasteiger partial charge < -0.3 is 9.47 Å². The summed E-state index contributed by atoms with van der Waals surface area (Å²) >= 11 is 3.56. The first-order chi connectivity index (χ1) is 11.3. The average Bonchev–Trinajstić information content (AvgIpc) is 3.18. The number of halogens is 1. The van der Waals surface area contributed by atoms with Gasteiger partial charge in [-0.25, -0.2) is 0 Å². The smallest absolute Gasteiger partial charge is 0.170 e. The lowest BCUT2D eigenvalue weighted by Crippen LogP contribution is -2.52. The van der Waals surface area contributed by atoms with E-state index in [9.17, 15) is 0 Å². The van der Waals surface area contributed by atoms with E-state index in [4.69, 9.17) is 9.47 Å². The molecule has 1 aromatic heterocycles. The molecule has 122 valence electrons. The van der Waals surface area contributed by atoms with Gasteiger partial charge in [-0.2, -0.15) is 4.68 Å². The second-order valence-corrected chi connectivity index (χ2v) is 6.86. The van der Waals surface area contributed by atoms with Gasteiger partial charge in [0.25, 0.3) is 0 Å². The fourth-order valence-electron chi connectivity index (χ4n) is 3.20. The van der Waals surface area contributed by atoms with E-state index in [0.29, 0.717) is 13.2 Å². The molecule has 0 aliphatic carbocycles. The van der Waals surface area contributed by atoms with Crippen LogP contribution in [-0.2, 0) is 16.0 Å². The predicted molar refractivity (Wildman–Crippen MR) is 86.3 cm³/mol. The van der Waals surface area contributed by atoms with E-state index in [1.807, 2.05) is 24.3 Å². The number of nitrogens with zero attached hydrogens (tertiary/aromatic N) is 5. The Morgan fingerprint density at radius 2 is 2.17 bits per heavy atom. The molecule has 1 spiro atoms. The average molecular weight is 380 g/mol. The maximum Gasteiger partial charge on any atom is 0.170 e. The molecule has 0 radical (unpaired) electrons. The molecule has 2 aromatic rings. The van der Waals surface area contributed by atoms with Gasteiger partial charge in [0.15, 0.2) is 5.82 Å². The summed E-state index contributed by atoms with van der Waals surface area (Å²) < 4.78 is 14.3. The van der Waals surface area contributed by atoms with Crippen molar-refractivity contribution in [2.45, 2.75) is 18.6 Å². The molecule has 0 N–H and O–H groups in total. The van der Waals surface area contributed by atoms with Gasteiger partial charge in [0.1, 0.15) is 5.60 Å². The van der Waals surface area contributed by atoms with Crippen LogP contribution in [0.3, 0.4) is 0 Å². The lowest BCUT2D eigenvalue weighted by Gasteiger charge is -2.39. The van der Waals surface area contributed by atoms with Crippen LogP contribution in [0.5, 0.6) is 0 Å². The zero-order valence-electron chi connectivity index (χ0n) is 12.7. The number of aromatic nitrogens is 4. The summed E-state index contributed by atoms with van der Waals surface area (Å²) in [6, 6.07) is 7.94. The Hall–Kier alpha value is -1.35. The van der Waals surface area contributed by atoms with E-state index < -0.39 is 0 Å².